The molecule has 0 bridgehead atoms. The van der Waals surface area contributed by atoms with E-state index in [0.29, 0.717) is 0 Å². The number of fused-ring (bicyclic) bond motifs is 17. The van der Waals surface area contributed by atoms with Gasteiger partial charge in [0.2, 0.25) is 0 Å². The van der Waals surface area contributed by atoms with Gasteiger partial charge in [0, 0.05) is 44.0 Å². The topological polar surface area (TPSA) is 21.3 Å². The van der Waals surface area contributed by atoms with Crippen molar-refractivity contribution in [2.75, 3.05) is 4.90 Å². The number of furan rings is 1. The molecule has 0 saturated carbocycles. The van der Waals surface area contributed by atoms with Crippen molar-refractivity contribution in [1.29, 1.82) is 0 Å². The third kappa shape index (κ3) is 4.65. The maximum Gasteiger partial charge on any atom is 0.160 e. The number of hydrogen-bond donors (Lipinski definition) is 0. The van der Waals surface area contributed by atoms with Gasteiger partial charge in [-0.3, -0.25) is 0 Å². The van der Waals surface area contributed by atoms with Crippen LogP contribution >= 0.6 is 0 Å². The lowest BCUT2D eigenvalue weighted by atomic mass is 9.70. The van der Waals surface area contributed by atoms with Gasteiger partial charge in [-0.25, -0.2) is 0 Å². The Morgan fingerprint density at radius 1 is 0.391 bits per heavy atom. The monoisotopic (exact) mass is 814 g/mol. The van der Waals surface area contributed by atoms with Crippen molar-refractivity contribution in [2.24, 2.45) is 0 Å². The van der Waals surface area contributed by atoms with Crippen molar-refractivity contribution >= 4 is 60.8 Å². The number of nitrogens with zero attached hydrogens (tertiary/aromatic N) is 2. The molecule has 0 unspecified atom stereocenters. The summed E-state index contributed by atoms with van der Waals surface area (Å²) < 4.78 is 9.17. The molecule has 2 aromatic heterocycles. The highest BCUT2D eigenvalue weighted by Crippen LogP contribution is 2.65. The van der Waals surface area contributed by atoms with Crippen LogP contribution in [0.5, 0.6) is 0 Å². The molecule has 2 aliphatic carbocycles. The van der Waals surface area contributed by atoms with Gasteiger partial charge in [-0.15, -0.1) is 0 Å². The maximum absolute atomic E-state index is 6.79. The van der Waals surface area contributed by atoms with Crippen molar-refractivity contribution in [3.63, 3.8) is 0 Å². The highest BCUT2D eigenvalue weighted by Gasteiger charge is 2.52. The standard InChI is InChI=1S/C61H38N2O/c1-3-18-39(19-4-1)42-22-10-15-31-54(42)62(56-32-17-30-53-58(56)48-26-9-14-29-52(48)61(53)50-27-12-7-23-43(50)44-24-8-13-28-51(44)61)41-34-37-55-49(38-41)46-35-36-47-45-25-11-16-33-57(45)64-60(47)59(46)63(55)40-20-5-2-6-21-40/h1-38H. The fourth-order valence-electron chi connectivity index (χ4n) is 11.5. The smallest absolute Gasteiger partial charge is 0.160 e. The summed E-state index contributed by atoms with van der Waals surface area (Å²) in [5, 5.41) is 4.54. The second-order valence-electron chi connectivity index (χ2n) is 17.1. The van der Waals surface area contributed by atoms with Gasteiger partial charge < -0.3 is 13.9 Å². The minimum absolute atomic E-state index is 0.468. The van der Waals surface area contributed by atoms with E-state index in [0.717, 1.165) is 72.1 Å². The van der Waals surface area contributed by atoms with Crippen molar-refractivity contribution in [1.82, 2.24) is 4.57 Å². The van der Waals surface area contributed by atoms with Crippen LogP contribution in [0.1, 0.15) is 22.3 Å². The molecule has 3 nitrogen and oxygen atoms in total. The zero-order valence-corrected chi connectivity index (χ0v) is 34.7. The van der Waals surface area contributed by atoms with Gasteiger partial charge in [0.1, 0.15) is 5.58 Å². The maximum atomic E-state index is 6.79. The molecule has 0 radical (unpaired) electrons. The third-order valence-corrected chi connectivity index (χ3v) is 14.0. The molecule has 0 saturated heterocycles. The SMILES string of the molecule is c1ccc(-c2ccccc2N(c2ccc3c(c2)c2ccc4c5ccccc5oc4c2n3-c2ccccc2)c2cccc3c2-c2ccccc2C32c3ccccc3-c3ccccc32)cc1. The van der Waals surface area contributed by atoms with E-state index in [-0.39, 0.29) is 0 Å². The summed E-state index contributed by atoms with van der Waals surface area (Å²) in [4.78, 5) is 2.52. The normalized spacial score (nSPS) is 13.1. The second kappa shape index (κ2) is 13.3. The highest BCUT2D eigenvalue weighted by atomic mass is 16.3. The predicted molar refractivity (Wildman–Crippen MR) is 264 cm³/mol. The minimum atomic E-state index is -0.468. The fourth-order valence-corrected chi connectivity index (χ4v) is 11.5. The molecular formula is C61H38N2O. The molecule has 64 heavy (non-hydrogen) atoms. The number of benzene rings is 10. The number of aromatic nitrogens is 1. The Morgan fingerprint density at radius 2 is 0.969 bits per heavy atom. The van der Waals surface area contributed by atoms with Crippen molar-refractivity contribution < 1.29 is 4.42 Å². The van der Waals surface area contributed by atoms with Crippen LogP contribution in [0.15, 0.2) is 235 Å². The molecule has 10 aromatic carbocycles. The van der Waals surface area contributed by atoms with Crippen LogP contribution in [0.2, 0.25) is 0 Å². The lowest BCUT2D eigenvalue weighted by molar-refractivity contribution is 0.671. The molecule has 0 aliphatic heterocycles. The molecule has 0 amide bonds. The Morgan fingerprint density at radius 3 is 1.73 bits per heavy atom. The summed E-state index contributed by atoms with van der Waals surface area (Å²) in [5.41, 5.74) is 20.7. The van der Waals surface area contributed by atoms with Gasteiger partial charge in [-0.05, 0) is 99.1 Å². The van der Waals surface area contributed by atoms with Crippen molar-refractivity contribution in [2.45, 2.75) is 5.41 Å². The average molecular weight is 815 g/mol. The molecule has 3 heteroatoms. The van der Waals surface area contributed by atoms with Crippen molar-refractivity contribution in [3.8, 4) is 39.1 Å². The average Bonchev–Trinajstić information content (AvgIpc) is 4.09. The molecule has 0 N–H and O–H groups in total. The Hall–Kier alpha value is -8.40. The molecule has 12 aromatic rings. The first-order valence-corrected chi connectivity index (χ1v) is 22.1. The zero-order valence-electron chi connectivity index (χ0n) is 34.7. The molecule has 2 heterocycles. The van der Waals surface area contributed by atoms with Crippen LogP contribution in [0.3, 0.4) is 0 Å². The van der Waals surface area contributed by atoms with Crippen LogP contribution in [-0.2, 0) is 5.41 Å². The fraction of sp³-hybridized carbons (Fsp3) is 0.0164. The van der Waals surface area contributed by atoms with Gasteiger partial charge in [0.25, 0.3) is 0 Å². The van der Waals surface area contributed by atoms with Crippen LogP contribution < -0.4 is 4.90 Å². The van der Waals surface area contributed by atoms with Gasteiger partial charge in [-0.1, -0.05) is 176 Å². The van der Waals surface area contributed by atoms with Crippen LogP contribution in [0.25, 0.3) is 82.8 Å². The zero-order chi connectivity index (χ0) is 41.9. The van der Waals surface area contributed by atoms with E-state index in [2.05, 4.69) is 234 Å². The molecule has 2 aliphatic rings. The first-order valence-electron chi connectivity index (χ1n) is 22.1. The van der Waals surface area contributed by atoms with Crippen LogP contribution in [0, 0.1) is 0 Å². The number of anilines is 3. The Balaban J connectivity index is 1.09. The first kappa shape index (κ1) is 35.2. The van der Waals surface area contributed by atoms with Gasteiger partial charge >= 0.3 is 0 Å². The van der Waals surface area contributed by atoms with E-state index in [9.17, 15) is 0 Å². The molecular weight excluding hydrogens is 777 g/mol. The van der Waals surface area contributed by atoms with E-state index in [1.165, 1.54) is 50.1 Å². The summed E-state index contributed by atoms with van der Waals surface area (Å²) in [7, 11) is 0. The molecule has 0 atom stereocenters. The summed E-state index contributed by atoms with van der Waals surface area (Å²) in [6.07, 6.45) is 0. The van der Waals surface area contributed by atoms with Crippen LogP contribution in [-0.4, -0.2) is 4.57 Å². The highest BCUT2D eigenvalue weighted by molar-refractivity contribution is 6.22. The van der Waals surface area contributed by atoms with Crippen molar-refractivity contribution in [3.05, 3.63) is 253 Å². The number of rotatable bonds is 5. The summed E-state index contributed by atoms with van der Waals surface area (Å²) >= 11 is 0. The summed E-state index contributed by atoms with van der Waals surface area (Å²) in [5.74, 6) is 0. The van der Waals surface area contributed by atoms with Crippen LogP contribution in [0.4, 0.5) is 17.1 Å². The summed E-state index contributed by atoms with van der Waals surface area (Å²) in [6, 6.07) is 84.5. The van der Waals surface area contributed by atoms with E-state index >= 15 is 0 Å². The third-order valence-electron chi connectivity index (χ3n) is 14.0. The van der Waals surface area contributed by atoms with Gasteiger partial charge in [0.15, 0.2) is 5.58 Å². The summed E-state index contributed by atoms with van der Waals surface area (Å²) in [6.45, 7) is 0. The minimum Gasteiger partial charge on any atom is -0.454 e. The molecule has 298 valence electrons. The number of hydrogen-bond acceptors (Lipinski definition) is 2. The predicted octanol–water partition coefficient (Wildman–Crippen LogP) is 16.2. The van der Waals surface area contributed by atoms with Gasteiger partial charge in [-0.2, -0.15) is 0 Å². The van der Waals surface area contributed by atoms with E-state index in [4.69, 9.17) is 4.42 Å². The largest absolute Gasteiger partial charge is 0.454 e. The Bertz CT molecular complexity index is 3810. The second-order valence-corrected chi connectivity index (χ2v) is 17.1. The molecule has 0 fully saturated rings. The first-order chi connectivity index (χ1) is 31.8. The Labute approximate surface area is 370 Å². The number of para-hydroxylation sites is 3. The molecule has 14 rings (SSSR count). The molecule has 1 spiro atoms. The lowest BCUT2D eigenvalue weighted by Gasteiger charge is -2.32. The Kier molecular flexibility index (Phi) is 7.32. The van der Waals surface area contributed by atoms with Gasteiger partial charge in [0.05, 0.1) is 27.8 Å². The van der Waals surface area contributed by atoms with E-state index in [1.54, 1.807) is 0 Å². The van der Waals surface area contributed by atoms with E-state index in [1.807, 2.05) is 6.07 Å². The lowest BCUT2D eigenvalue weighted by Crippen LogP contribution is -2.26. The quantitative estimate of drug-likeness (QED) is 0.173. The van der Waals surface area contributed by atoms with E-state index < -0.39 is 5.41 Å².